The summed E-state index contributed by atoms with van der Waals surface area (Å²) in [6, 6.07) is -0.833. The third-order valence-electron chi connectivity index (χ3n) is 0. The first-order valence-corrected chi connectivity index (χ1v) is 0.781. The van der Waals surface area contributed by atoms with Crippen molar-refractivity contribution < 1.29 is 9.50 Å². The number of hydrogen-bond donors (Lipinski definition) is 2. The van der Waals surface area contributed by atoms with Gasteiger partial charge in [-0.2, -0.15) is 0 Å². The van der Waals surface area contributed by atoms with E-state index < -0.39 is 6.03 Å². The second-order valence-electron chi connectivity index (χ2n) is 0.402. The summed E-state index contributed by atoms with van der Waals surface area (Å²) in [6.45, 7) is 0. The summed E-state index contributed by atoms with van der Waals surface area (Å²) >= 11 is 0. The second-order valence-corrected chi connectivity index (χ2v) is 0.402. The Hall–Kier alpha value is 0.460. The topological polar surface area (TPSA) is 69.1 Å². The van der Waals surface area contributed by atoms with Crippen molar-refractivity contribution in [3.63, 3.8) is 0 Å². The first kappa shape index (κ1) is 16.1. The Balaban J connectivity index is -0.0000000450. The molecule has 0 spiro atoms. The van der Waals surface area contributed by atoms with Gasteiger partial charge in [-0.15, -0.1) is 0 Å². The van der Waals surface area contributed by atoms with Gasteiger partial charge in [-0.3, -0.25) is 4.70 Å². The van der Waals surface area contributed by atoms with Crippen LogP contribution in [0.15, 0.2) is 0 Å². The molecule has 4 N–H and O–H groups in total. The molecule has 36 valence electrons. The minimum atomic E-state index is -0.833. The molecule has 0 saturated heterocycles. The molecule has 0 unspecified atom stereocenters. The van der Waals surface area contributed by atoms with E-state index in [9.17, 15) is 0 Å². The van der Waals surface area contributed by atoms with Crippen molar-refractivity contribution in [2.45, 2.75) is 0 Å². The van der Waals surface area contributed by atoms with Gasteiger partial charge in [0.25, 0.3) is 0 Å². The Bertz CT molecular complexity index is 36.5. The molecule has 0 aromatic heterocycles. The molecular weight excluding hydrogens is 115 g/mol. The van der Waals surface area contributed by atoms with Gasteiger partial charge in [0.1, 0.15) is 0 Å². The zero-order valence-electron chi connectivity index (χ0n) is 2.47. The van der Waals surface area contributed by atoms with E-state index in [1.165, 1.54) is 0 Å². The summed E-state index contributed by atoms with van der Waals surface area (Å²) in [7, 11) is 0. The minimum absolute atomic E-state index is 0. The molecule has 0 aromatic rings. The zero-order chi connectivity index (χ0) is 3.58. The number of nitrogens with two attached hydrogens (primary N) is 2. The molecule has 0 radical (unpaired) electrons. The van der Waals surface area contributed by atoms with E-state index in [2.05, 4.69) is 11.5 Å². The quantitative estimate of drug-likeness (QED) is 0.368. The van der Waals surface area contributed by atoms with Crippen LogP contribution in [0.4, 0.5) is 9.50 Å². The molecule has 0 saturated carbocycles. The molecular formula is CH7CaFN2O. The van der Waals surface area contributed by atoms with E-state index in [-0.39, 0.29) is 42.4 Å². The SMILES string of the molecule is F.NC(N)=O.[CaH2]. The Labute approximate surface area is 64.4 Å². The van der Waals surface area contributed by atoms with E-state index in [4.69, 9.17) is 4.79 Å². The number of urea groups is 1. The fourth-order valence-electron chi connectivity index (χ4n) is 0. The summed E-state index contributed by atoms with van der Waals surface area (Å²) in [5.74, 6) is 0. The van der Waals surface area contributed by atoms with Gasteiger partial charge < -0.3 is 11.5 Å². The van der Waals surface area contributed by atoms with E-state index in [1.807, 2.05) is 0 Å². The molecule has 2 amide bonds. The number of carbonyl (C=O) groups excluding carboxylic acids is 1. The van der Waals surface area contributed by atoms with Crippen LogP contribution in [0, 0.1) is 0 Å². The predicted molar refractivity (Wildman–Crippen MR) is 24.8 cm³/mol. The van der Waals surface area contributed by atoms with Crippen LogP contribution in [0.1, 0.15) is 0 Å². The van der Waals surface area contributed by atoms with Gasteiger partial charge in [0, 0.05) is 0 Å². The number of primary amides is 2. The molecule has 0 aliphatic carbocycles. The molecule has 0 fully saturated rings. The number of hydrogen-bond acceptors (Lipinski definition) is 1. The first-order chi connectivity index (χ1) is 1.73. The standard InChI is InChI=1S/CH4N2O.Ca.FH.2H/c2-1(3)4;;;;/h(H4,2,3,4);;1H;;. The maximum absolute atomic E-state index is 9.00. The summed E-state index contributed by atoms with van der Waals surface area (Å²) in [4.78, 5) is 9.00. The number of amides is 2. The normalized spacial score (nSPS) is 4.00. The molecule has 5 heteroatoms. The first-order valence-electron chi connectivity index (χ1n) is 0.781. The van der Waals surface area contributed by atoms with Gasteiger partial charge in [0.05, 0.1) is 0 Å². The van der Waals surface area contributed by atoms with Crippen molar-refractivity contribution in [1.29, 1.82) is 0 Å². The Morgan fingerprint density at radius 1 is 1.33 bits per heavy atom. The van der Waals surface area contributed by atoms with Crippen molar-refractivity contribution >= 4 is 43.8 Å². The average Bonchev–Trinajstić information content (AvgIpc) is 0.811. The van der Waals surface area contributed by atoms with Crippen molar-refractivity contribution in [2.24, 2.45) is 11.5 Å². The van der Waals surface area contributed by atoms with Gasteiger partial charge in [-0.05, 0) is 0 Å². The zero-order valence-corrected chi connectivity index (χ0v) is 2.47. The third kappa shape index (κ3) is 253. The van der Waals surface area contributed by atoms with E-state index in [1.54, 1.807) is 0 Å². The van der Waals surface area contributed by atoms with Crippen molar-refractivity contribution in [3.8, 4) is 0 Å². The molecule has 0 atom stereocenters. The van der Waals surface area contributed by atoms with Crippen LogP contribution in [-0.4, -0.2) is 43.8 Å². The van der Waals surface area contributed by atoms with E-state index >= 15 is 0 Å². The van der Waals surface area contributed by atoms with Crippen LogP contribution < -0.4 is 11.5 Å². The van der Waals surface area contributed by atoms with Crippen LogP contribution in [-0.2, 0) is 0 Å². The van der Waals surface area contributed by atoms with Crippen molar-refractivity contribution in [2.75, 3.05) is 0 Å². The Morgan fingerprint density at radius 2 is 1.33 bits per heavy atom. The maximum atomic E-state index is 9.00. The Kier molecular flexibility index (Phi) is 24.3. The fourth-order valence-corrected chi connectivity index (χ4v) is 0. The molecule has 0 aliphatic rings. The van der Waals surface area contributed by atoms with E-state index in [0.717, 1.165) is 0 Å². The molecule has 0 rings (SSSR count). The molecule has 0 heterocycles. The van der Waals surface area contributed by atoms with Gasteiger partial charge in [-0.1, -0.05) is 0 Å². The second kappa shape index (κ2) is 9.07. The van der Waals surface area contributed by atoms with Gasteiger partial charge in [0.2, 0.25) is 0 Å². The predicted octanol–water partition coefficient (Wildman–Crippen LogP) is -1.74. The molecule has 3 nitrogen and oxygen atoms in total. The number of carbonyl (C=O) groups is 1. The van der Waals surface area contributed by atoms with Gasteiger partial charge in [0.15, 0.2) is 0 Å². The molecule has 6 heavy (non-hydrogen) atoms. The monoisotopic (exact) mass is 122 g/mol. The van der Waals surface area contributed by atoms with Crippen LogP contribution in [0.3, 0.4) is 0 Å². The van der Waals surface area contributed by atoms with Crippen LogP contribution in [0.25, 0.3) is 0 Å². The molecule has 0 aromatic carbocycles. The molecule has 0 bridgehead atoms. The average molecular weight is 122 g/mol. The fraction of sp³-hybridized carbons (Fsp3) is 0. The summed E-state index contributed by atoms with van der Waals surface area (Å²) < 4.78 is 0. The van der Waals surface area contributed by atoms with Crippen LogP contribution >= 0.6 is 0 Å². The summed E-state index contributed by atoms with van der Waals surface area (Å²) in [6.07, 6.45) is 0. The Morgan fingerprint density at radius 3 is 1.33 bits per heavy atom. The summed E-state index contributed by atoms with van der Waals surface area (Å²) in [5, 5.41) is 0. The van der Waals surface area contributed by atoms with Crippen LogP contribution in [0.2, 0.25) is 0 Å². The summed E-state index contributed by atoms with van der Waals surface area (Å²) in [5.41, 5.74) is 8.50. The molecule has 0 aliphatic heterocycles. The number of halogens is 1. The third-order valence-corrected chi connectivity index (χ3v) is 0. The van der Waals surface area contributed by atoms with Crippen LogP contribution in [0.5, 0.6) is 0 Å². The van der Waals surface area contributed by atoms with Gasteiger partial charge >= 0.3 is 43.8 Å². The van der Waals surface area contributed by atoms with Gasteiger partial charge in [-0.25, -0.2) is 4.79 Å². The van der Waals surface area contributed by atoms with Crippen molar-refractivity contribution in [1.82, 2.24) is 0 Å². The number of rotatable bonds is 0. The van der Waals surface area contributed by atoms with Crippen molar-refractivity contribution in [3.05, 3.63) is 0 Å². The van der Waals surface area contributed by atoms with E-state index in [0.29, 0.717) is 0 Å².